The number of ether oxygens (including phenoxy) is 1. The van der Waals surface area contributed by atoms with Crippen LogP contribution in [0.4, 0.5) is 5.95 Å². The first-order valence-corrected chi connectivity index (χ1v) is 7.78. The minimum atomic E-state index is -3.46. The van der Waals surface area contributed by atoms with Gasteiger partial charge in [-0.05, 0) is 13.0 Å². The van der Waals surface area contributed by atoms with Gasteiger partial charge in [-0.15, -0.1) is 0 Å². The SMILES string of the molecule is C[C@@H]1COCCN1c1nccc(COS(C)(=O)=O)n1. The van der Waals surface area contributed by atoms with Crippen LogP contribution >= 0.6 is 0 Å². The third-order valence-electron chi connectivity index (χ3n) is 2.75. The summed E-state index contributed by atoms with van der Waals surface area (Å²) < 4.78 is 32.0. The van der Waals surface area contributed by atoms with Crippen molar-refractivity contribution in [2.45, 2.75) is 19.6 Å². The van der Waals surface area contributed by atoms with Crippen molar-refractivity contribution in [2.24, 2.45) is 0 Å². The van der Waals surface area contributed by atoms with Crippen LogP contribution in [0.25, 0.3) is 0 Å². The molecule has 0 saturated carbocycles. The van der Waals surface area contributed by atoms with E-state index in [4.69, 9.17) is 8.92 Å². The largest absolute Gasteiger partial charge is 0.377 e. The van der Waals surface area contributed by atoms with Crippen LogP contribution in [0.5, 0.6) is 0 Å². The van der Waals surface area contributed by atoms with Crippen LogP contribution in [-0.4, -0.2) is 50.4 Å². The smallest absolute Gasteiger partial charge is 0.264 e. The van der Waals surface area contributed by atoms with Crippen LogP contribution in [0, 0.1) is 0 Å². The molecule has 0 aliphatic carbocycles. The first kappa shape index (κ1) is 14.2. The van der Waals surface area contributed by atoms with Gasteiger partial charge in [0.05, 0.1) is 31.2 Å². The summed E-state index contributed by atoms with van der Waals surface area (Å²) in [7, 11) is -3.46. The lowest BCUT2D eigenvalue weighted by Gasteiger charge is -2.33. The van der Waals surface area contributed by atoms with Crippen molar-refractivity contribution in [3.63, 3.8) is 0 Å². The summed E-state index contributed by atoms with van der Waals surface area (Å²) in [5.74, 6) is 0.574. The van der Waals surface area contributed by atoms with Crippen molar-refractivity contribution in [1.29, 1.82) is 0 Å². The van der Waals surface area contributed by atoms with E-state index < -0.39 is 10.1 Å². The summed E-state index contributed by atoms with van der Waals surface area (Å²) in [5, 5.41) is 0. The zero-order valence-corrected chi connectivity index (χ0v) is 11.8. The van der Waals surface area contributed by atoms with Gasteiger partial charge in [0.25, 0.3) is 10.1 Å². The highest BCUT2D eigenvalue weighted by Gasteiger charge is 2.21. The molecule has 1 aromatic rings. The minimum absolute atomic E-state index is 0.0763. The van der Waals surface area contributed by atoms with Crippen LogP contribution in [0.3, 0.4) is 0 Å². The van der Waals surface area contributed by atoms with E-state index in [1.807, 2.05) is 11.8 Å². The quantitative estimate of drug-likeness (QED) is 0.730. The van der Waals surface area contributed by atoms with Gasteiger partial charge in [-0.25, -0.2) is 9.97 Å². The lowest BCUT2D eigenvalue weighted by atomic mass is 10.3. The molecule has 0 unspecified atom stereocenters. The van der Waals surface area contributed by atoms with Gasteiger partial charge in [-0.3, -0.25) is 4.18 Å². The molecule has 0 N–H and O–H groups in total. The third kappa shape index (κ3) is 4.12. The van der Waals surface area contributed by atoms with Gasteiger partial charge in [0.1, 0.15) is 6.61 Å². The maximum absolute atomic E-state index is 11.0. The first-order valence-electron chi connectivity index (χ1n) is 5.96. The number of hydrogen-bond donors (Lipinski definition) is 0. The molecule has 0 amide bonds. The average molecular weight is 287 g/mol. The zero-order chi connectivity index (χ0) is 13.9. The maximum atomic E-state index is 11.0. The second-order valence-corrected chi connectivity index (χ2v) is 6.08. The Kier molecular flexibility index (Phi) is 4.33. The highest BCUT2D eigenvalue weighted by Crippen LogP contribution is 2.15. The van der Waals surface area contributed by atoms with E-state index in [1.54, 1.807) is 12.3 Å². The first-order chi connectivity index (χ1) is 8.96. The van der Waals surface area contributed by atoms with Gasteiger partial charge in [-0.2, -0.15) is 8.42 Å². The molecule has 0 bridgehead atoms. The fourth-order valence-electron chi connectivity index (χ4n) is 1.79. The Bertz CT molecular complexity index is 534. The van der Waals surface area contributed by atoms with Crippen molar-refractivity contribution >= 4 is 16.1 Å². The number of anilines is 1. The Hall–Kier alpha value is -1.25. The Morgan fingerprint density at radius 2 is 2.37 bits per heavy atom. The van der Waals surface area contributed by atoms with E-state index in [9.17, 15) is 8.42 Å². The molecule has 1 aromatic heterocycles. The summed E-state index contributed by atoms with van der Waals surface area (Å²) in [6, 6.07) is 1.83. The number of aromatic nitrogens is 2. The van der Waals surface area contributed by atoms with Crippen molar-refractivity contribution in [3.8, 4) is 0 Å². The minimum Gasteiger partial charge on any atom is -0.377 e. The third-order valence-corrected chi connectivity index (χ3v) is 3.29. The van der Waals surface area contributed by atoms with E-state index in [0.29, 0.717) is 24.9 Å². The molecular weight excluding hydrogens is 270 g/mol. The molecule has 0 aromatic carbocycles. The summed E-state index contributed by atoms with van der Waals surface area (Å²) in [6.45, 7) is 3.94. The Labute approximate surface area is 112 Å². The fraction of sp³-hybridized carbons (Fsp3) is 0.636. The molecule has 1 fully saturated rings. The standard InChI is InChI=1S/C11H17N3O4S/c1-9-7-17-6-5-14(9)11-12-4-3-10(13-11)8-18-19(2,15)16/h3-4,9H,5-8H2,1-2H3/t9-/m1/s1. The molecule has 8 heteroatoms. The van der Waals surface area contributed by atoms with Crippen LogP contribution in [-0.2, 0) is 25.6 Å². The topological polar surface area (TPSA) is 81.6 Å². The molecule has 0 spiro atoms. The normalized spacial score (nSPS) is 20.5. The number of morpholine rings is 1. The summed E-state index contributed by atoms with van der Waals surface area (Å²) in [4.78, 5) is 10.6. The lowest BCUT2D eigenvalue weighted by Crippen LogP contribution is -2.44. The predicted molar refractivity (Wildman–Crippen MR) is 69.3 cm³/mol. The Morgan fingerprint density at radius 1 is 1.58 bits per heavy atom. The van der Waals surface area contributed by atoms with Crippen LogP contribution in [0.1, 0.15) is 12.6 Å². The molecule has 106 valence electrons. The Balaban J connectivity index is 2.10. The molecule has 1 saturated heterocycles. The summed E-state index contributed by atoms with van der Waals surface area (Å²) >= 11 is 0. The molecule has 1 aliphatic heterocycles. The van der Waals surface area contributed by atoms with Gasteiger partial charge >= 0.3 is 0 Å². The van der Waals surface area contributed by atoms with Crippen LogP contribution in [0.2, 0.25) is 0 Å². The van der Waals surface area contributed by atoms with Gasteiger partial charge in [0.15, 0.2) is 0 Å². The zero-order valence-electron chi connectivity index (χ0n) is 10.9. The second-order valence-electron chi connectivity index (χ2n) is 4.43. The highest BCUT2D eigenvalue weighted by molar-refractivity contribution is 7.85. The molecular formula is C11H17N3O4S. The fourth-order valence-corrected chi connectivity index (χ4v) is 2.13. The molecule has 7 nitrogen and oxygen atoms in total. The van der Waals surface area contributed by atoms with Gasteiger partial charge in [0, 0.05) is 12.7 Å². The molecule has 2 rings (SSSR count). The van der Waals surface area contributed by atoms with Crippen molar-refractivity contribution in [3.05, 3.63) is 18.0 Å². The van der Waals surface area contributed by atoms with Crippen LogP contribution in [0.15, 0.2) is 12.3 Å². The van der Waals surface area contributed by atoms with Crippen LogP contribution < -0.4 is 4.90 Å². The van der Waals surface area contributed by atoms with E-state index in [0.717, 1.165) is 12.8 Å². The van der Waals surface area contributed by atoms with E-state index in [2.05, 4.69) is 9.97 Å². The molecule has 1 atom stereocenters. The number of hydrogen-bond acceptors (Lipinski definition) is 7. The average Bonchev–Trinajstić information content (AvgIpc) is 2.36. The van der Waals surface area contributed by atoms with E-state index in [1.165, 1.54) is 0 Å². The molecule has 0 radical (unpaired) electrons. The number of nitrogens with zero attached hydrogens (tertiary/aromatic N) is 3. The highest BCUT2D eigenvalue weighted by atomic mass is 32.2. The molecule has 1 aliphatic rings. The summed E-state index contributed by atoms with van der Waals surface area (Å²) in [6.07, 6.45) is 2.62. The van der Waals surface area contributed by atoms with Crippen molar-refractivity contribution < 1.29 is 17.3 Å². The predicted octanol–water partition coefficient (Wildman–Crippen LogP) is 0.178. The van der Waals surface area contributed by atoms with E-state index >= 15 is 0 Å². The maximum Gasteiger partial charge on any atom is 0.264 e. The number of rotatable bonds is 4. The van der Waals surface area contributed by atoms with Crippen molar-refractivity contribution in [1.82, 2.24) is 9.97 Å². The monoisotopic (exact) mass is 287 g/mol. The lowest BCUT2D eigenvalue weighted by molar-refractivity contribution is 0.0980. The molecule has 2 heterocycles. The van der Waals surface area contributed by atoms with E-state index in [-0.39, 0.29) is 12.6 Å². The molecule has 19 heavy (non-hydrogen) atoms. The van der Waals surface area contributed by atoms with Gasteiger partial charge in [-0.1, -0.05) is 0 Å². The Morgan fingerprint density at radius 3 is 3.05 bits per heavy atom. The van der Waals surface area contributed by atoms with Crippen molar-refractivity contribution in [2.75, 3.05) is 30.9 Å². The van der Waals surface area contributed by atoms with Gasteiger partial charge in [0.2, 0.25) is 5.95 Å². The second kappa shape index (κ2) is 5.81. The summed E-state index contributed by atoms with van der Waals surface area (Å²) in [5.41, 5.74) is 0.536. The van der Waals surface area contributed by atoms with Gasteiger partial charge < -0.3 is 9.64 Å².